The summed E-state index contributed by atoms with van der Waals surface area (Å²) in [5, 5.41) is 14.7. The molecular weight excluding hydrogens is 519 g/mol. The van der Waals surface area contributed by atoms with E-state index in [-0.39, 0.29) is 81.4 Å². The summed E-state index contributed by atoms with van der Waals surface area (Å²) in [6, 6.07) is 13.6. The second kappa shape index (κ2) is 13.2. The van der Waals surface area contributed by atoms with E-state index in [1.807, 2.05) is 36.4 Å². The van der Waals surface area contributed by atoms with Gasteiger partial charge in [-0.1, -0.05) is 70.6 Å². The Bertz CT molecular complexity index is 1060. The molecule has 7 heteroatoms. The Hall–Kier alpha value is -1.22. The van der Waals surface area contributed by atoms with E-state index in [2.05, 4.69) is 33.4 Å². The standard InChI is InChI=1S/C27H29BrN2O3.K/c28-22-12-10-21(11-13-22)26(27(33)29-18-20-5-2-1-3-6-20)30(23-14-15-23)25(32)16-9-19-7-4-8-24(31)17-19;/h2,4-8,10-13,17,23,26,31H,1,3,9,14-16,18H2,(H,29,33);/q;+1/p-1. The molecule has 172 valence electrons. The first kappa shape index (κ1) is 27.4. The molecule has 0 bridgehead atoms. The number of allylic oxidation sites excluding steroid dienone is 2. The van der Waals surface area contributed by atoms with Crippen molar-refractivity contribution in [3.05, 3.63) is 87.9 Å². The fourth-order valence-corrected chi connectivity index (χ4v) is 4.42. The van der Waals surface area contributed by atoms with Crippen molar-refractivity contribution >= 4 is 27.7 Å². The average Bonchev–Trinajstić information content (AvgIpc) is 3.66. The summed E-state index contributed by atoms with van der Waals surface area (Å²) in [6.07, 6.45) is 10.8. The van der Waals surface area contributed by atoms with E-state index in [9.17, 15) is 14.7 Å². The first-order valence-electron chi connectivity index (χ1n) is 11.5. The zero-order valence-electron chi connectivity index (χ0n) is 19.5. The molecular formula is C27H28BrKN2O3. The summed E-state index contributed by atoms with van der Waals surface area (Å²) in [5.74, 6) is -0.287. The maximum absolute atomic E-state index is 13.5. The number of benzene rings is 2. The molecule has 4 rings (SSSR count). The third-order valence-corrected chi connectivity index (χ3v) is 6.53. The van der Waals surface area contributed by atoms with Crippen LogP contribution in [0.4, 0.5) is 0 Å². The predicted octanol–water partition coefficient (Wildman–Crippen LogP) is 1.58. The molecule has 2 aliphatic rings. The third kappa shape index (κ3) is 7.64. The van der Waals surface area contributed by atoms with Crippen molar-refractivity contribution in [2.45, 2.75) is 50.6 Å². The zero-order chi connectivity index (χ0) is 23.2. The Morgan fingerprint density at radius 1 is 1.12 bits per heavy atom. The van der Waals surface area contributed by atoms with Gasteiger partial charge in [-0.2, -0.15) is 0 Å². The molecule has 1 atom stereocenters. The molecule has 1 saturated carbocycles. The monoisotopic (exact) mass is 546 g/mol. The first-order chi connectivity index (χ1) is 16.0. The second-order valence-electron chi connectivity index (χ2n) is 8.61. The van der Waals surface area contributed by atoms with Crippen molar-refractivity contribution in [1.29, 1.82) is 0 Å². The van der Waals surface area contributed by atoms with E-state index < -0.39 is 6.04 Å². The second-order valence-corrected chi connectivity index (χ2v) is 9.53. The number of hydrogen-bond donors (Lipinski definition) is 1. The van der Waals surface area contributed by atoms with Gasteiger partial charge in [0.25, 0.3) is 0 Å². The molecule has 2 aliphatic carbocycles. The van der Waals surface area contributed by atoms with Gasteiger partial charge < -0.3 is 15.3 Å². The van der Waals surface area contributed by atoms with E-state index in [4.69, 9.17) is 0 Å². The molecule has 1 unspecified atom stereocenters. The van der Waals surface area contributed by atoms with Gasteiger partial charge >= 0.3 is 51.4 Å². The van der Waals surface area contributed by atoms with Crippen molar-refractivity contribution in [3.63, 3.8) is 0 Å². The topological polar surface area (TPSA) is 72.5 Å². The van der Waals surface area contributed by atoms with Crippen molar-refractivity contribution in [3.8, 4) is 5.75 Å². The molecule has 0 heterocycles. The number of carbonyl (C=O) groups is 2. The van der Waals surface area contributed by atoms with Crippen LogP contribution >= 0.6 is 15.9 Å². The van der Waals surface area contributed by atoms with Gasteiger partial charge in [-0.05, 0) is 60.9 Å². The Balaban J connectivity index is 0.00000324. The average molecular weight is 548 g/mol. The molecule has 1 N–H and O–H groups in total. The van der Waals surface area contributed by atoms with Crippen LogP contribution in [0.3, 0.4) is 0 Å². The number of carbonyl (C=O) groups excluding carboxylic acids is 2. The molecule has 0 spiro atoms. The van der Waals surface area contributed by atoms with Crippen LogP contribution in [0.5, 0.6) is 5.75 Å². The molecule has 2 aromatic rings. The van der Waals surface area contributed by atoms with Gasteiger partial charge in [0.2, 0.25) is 11.8 Å². The van der Waals surface area contributed by atoms with Gasteiger partial charge in [0, 0.05) is 23.5 Å². The molecule has 1 fully saturated rings. The number of rotatable bonds is 9. The fraction of sp³-hybridized carbons (Fsp3) is 0.333. The quantitative estimate of drug-likeness (QED) is 0.485. The van der Waals surface area contributed by atoms with Crippen molar-refractivity contribution in [2.24, 2.45) is 0 Å². The van der Waals surface area contributed by atoms with Gasteiger partial charge in [0.1, 0.15) is 6.04 Å². The van der Waals surface area contributed by atoms with Crippen molar-refractivity contribution < 1.29 is 66.1 Å². The summed E-state index contributed by atoms with van der Waals surface area (Å²) in [6.45, 7) is 0.450. The zero-order valence-corrected chi connectivity index (χ0v) is 24.2. The Kier molecular flexibility index (Phi) is 10.6. The summed E-state index contributed by atoms with van der Waals surface area (Å²) < 4.78 is 0.921. The smallest absolute Gasteiger partial charge is 0.872 e. The summed E-state index contributed by atoms with van der Waals surface area (Å²) in [7, 11) is 0. The number of nitrogens with zero attached hydrogens (tertiary/aromatic N) is 1. The fourth-order valence-electron chi connectivity index (χ4n) is 4.16. The summed E-state index contributed by atoms with van der Waals surface area (Å²) in [4.78, 5) is 28.6. The molecule has 0 aromatic heterocycles. The van der Waals surface area contributed by atoms with Crippen LogP contribution in [0, 0.1) is 0 Å². The van der Waals surface area contributed by atoms with E-state index in [1.165, 1.54) is 6.07 Å². The molecule has 2 amide bonds. The van der Waals surface area contributed by atoms with Crippen molar-refractivity contribution in [1.82, 2.24) is 10.2 Å². The van der Waals surface area contributed by atoms with Gasteiger partial charge in [-0.15, -0.1) is 5.75 Å². The molecule has 5 nitrogen and oxygen atoms in total. The normalized spacial score (nSPS) is 15.6. The van der Waals surface area contributed by atoms with Crippen LogP contribution in [0.2, 0.25) is 0 Å². The summed E-state index contributed by atoms with van der Waals surface area (Å²) in [5.41, 5.74) is 2.73. The van der Waals surface area contributed by atoms with E-state index in [0.29, 0.717) is 13.0 Å². The number of halogens is 1. The molecule has 0 aliphatic heterocycles. The molecule has 34 heavy (non-hydrogen) atoms. The number of aryl methyl sites for hydroxylation is 1. The van der Waals surface area contributed by atoms with E-state index in [1.54, 1.807) is 17.0 Å². The van der Waals surface area contributed by atoms with Gasteiger partial charge in [0.05, 0.1) is 0 Å². The van der Waals surface area contributed by atoms with Gasteiger partial charge in [-0.25, -0.2) is 0 Å². The number of nitrogens with one attached hydrogen (secondary N) is 1. The first-order valence-corrected chi connectivity index (χ1v) is 12.3. The Morgan fingerprint density at radius 2 is 1.88 bits per heavy atom. The minimum absolute atomic E-state index is 0. The Labute approximate surface area is 252 Å². The van der Waals surface area contributed by atoms with E-state index >= 15 is 0 Å². The molecule has 0 saturated heterocycles. The van der Waals surface area contributed by atoms with Crippen LogP contribution in [0.1, 0.15) is 49.3 Å². The van der Waals surface area contributed by atoms with Gasteiger partial charge in [-0.3, -0.25) is 9.59 Å². The third-order valence-electron chi connectivity index (χ3n) is 6.01. The van der Waals surface area contributed by atoms with Crippen LogP contribution in [0.25, 0.3) is 0 Å². The maximum atomic E-state index is 13.5. The SMILES string of the molecule is O=C(NCC1=CCCC=C1)C(c1ccc(Br)cc1)N(C(=O)CCc1cccc([O-])c1)C1CC1.[K+]. The molecule has 0 radical (unpaired) electrons. The van der Waals surface area contributed by atoms with Gasteiger partial charge in [0.15, 0.2) is 0 Å². The minimum atomic E-state index is -0.683. The summed E-state index contributed by atoms with van der Waals surface area (Å²) >= 11 is 3.46. The van der Waals surface area contributed by atoms with Crippen LogP contribution < -0.4 is 61.8 Å². The van der Waals surface area contributed by atoms with Crippen LogP contribution in [0.15, 0.2) is 76.8 Å². The predicted molar refractivity (Wildman–Crippen MR) is 130 cm³/mol. The number of amides is 2. The Morgan fingerprint density at radius 3 is 2.53 bits per heavy atom. The van der Waals surface area contributed by atoms with Crippen molar-refractivity contribution in [2.75, 3.05) is 6.54 Å². The van der Waals surface area contributed by atoms with Crippen LogP contribution in [-0.4, -0.2) is 29.3 Å². The minimum Gasteiger partial charge on any atom is -0.872 e. The van der Waals surface area contributed by atoms with Crippen LogP contribution in [-0.2, 0) is 16.0 Å². The maximum Gasteiger partial charge on any atom is 1.00 e. The number of hydrogen-bond acceptors (Lipinski definition) is 3. The molecule has 2 aromatic carbocycles. The van der Waals surface area contributed by atoms with E-state index in [0.717, 1.165) is 46.9 Å². The largest absolute Gasteiger partial charge is 1.00 e.